The molecule has 2 saturated carbocycles. The summed E-state index contributed by atoms with van der Waals surface area (Å²) in [4.78, 5) is 30.6. The number of carbonyl (C=O) groups is 2. The van der Waals surface area contributed by atoms with E-state index in [1.54, 1.807) is 6.20 Å². The van der Waals surface area contributed by atoms with Gasteiger partial charge in [-0.3, -0.25) is 9.59 Å². The van der Waals surface area contributed by atoms with Crippen LogP contribution in [0.4, 0.5) is 5.69 Å². The van der Waals surface area contributed by atoms with E-state index in [0.717, 1.165) is 36.4 Å². The number of nitrogens with zero attached hydrogens (tertiary/aromatic N) is 1. The standard InChI is InChI=1S/C23H29ClN4O2S/c1-14(26-18-8-4-7-16(24)12-18)23-25-13-20(31-23)22(30)28-19(11-15-5-2-3-6-15)21(29)27-17-9-10-17/h4,7-8,12-15,17,19,26H,2-3,5-6,9-11H2,1H3,(H,27,29)(H,28,30)/t14-,19+/m1/s1. The molecule has 8 heteroatoms. The third kappa shape index (κ3) is 6.20. The summed E-state index contributed by atoms with van der Waals surface area (Å²) in [6.45, 7) is 1.99. The molecular weight excluding hydrogens is 432 g/mol. The van der Waals surface area contributed by atoms with Crippen molar-refractivity contribution in [3.05, 3.63) is 45.4 Å². The molecule has 4 rings (SSSR count). The second kappa shape index (κ2) is 10.0. The molecule has 1 aromatic heterocycles. The fourth-order valence-electron chi connectivity index (χ4n) is 4.05. The Hall–Kier alpha value is -2.12. The SMILES string of the molecule is C[C@@H](Nc1cccc(Cl)c1)c1ncc(C(=O)N[C@@H](CC2CCCC2)C(=O)NC2CC2)s1. The van der Waals surface area contributed by atoms with Gasteiger partial charge in [-0.25, -0.2) is 4.98 Å². The minimum Gasteiger partial charge on any atom is -0.376 e. The molecule has 2 aliphatic rings. The maximum atomic E-state index is 12.9. The molecule has 0 spiro atoms. The van der Waals surface area contributed by atoms with Crippen molar-refractivity contribution in [1.29, 1.82) is 0 Å². The Morgan fingerprint density at radius 2 is 2.00 bits per heavy atom. The van der Waals surface area contributed by atoms with Gasteiger partial charge in [-0.2, -0.15) is 0 Å². The summed E-state index contributed by atoms with van der Waals surface area (Å²) in [5.41, 5.74) is 0.898. The molecule has 2 atom stereocenters. The lowest BCUT2D eigenvalue weighted by molar-refractivity contribution is -0.123. The quantitative estimate of drug-likeness (QED) is 0.495. The average molecular weight is 461 g/mol. The number of hydrogen-bond acceptors (Lipinski definition) is 5. The van der Waals surface area contributed by atoms with Gasteiger partial charge in [0, 0.05) is 16.8 Å². The number of anilines is 1. The van der Waals surface area contributed by atoms with Crippen molar-refractivity contribution in [2.45, 2.75) is 70.0 Å². The number of thiazole rings is 1. The van der Waals surface area contributed by atoms with Gasteiger partial charge in [0.05, 0.1) is 12.2 Å². The lowest BCUT2D eigenvalue weighted by atomic mass is 9.97. The Labute approximate surface area is 192 Å². The van der Waals surface area contributed by atoms with Crippen LogP contribution in [0, 0.1) is 5.92 Å². The predicted molar refractivity (Wildman–Crippen MR) is 125 cm³/mol. The van der Waals surface area contributed by atoms with E-state index in [1.807, 2.05) is 31.2 Å². The first kappa shape index (κ1) is 22.1. The topological polar surface area (TPSA) is 83.1 Å². The number of halogens is 1. The highest BCUT2D eigenvalue weighted by atomic mass is 35.5. The maximum Gasteiger partial charge on any atom is 0.263 e. The summed E-state index contributed by atoms with van der Waals surface area (Å²) in [6, 6.07) is 7.23. The fourth-order valence-corrected chi connectivity index (χ4v) is 5.07. The van der Waals surface area contributed by atoms with Gasteiger partial charge in [-0.15, -0.1) is 11.3 Å². The maximum absolute atomic E-state index is 12.9. The Kier molecular flexibility index (Phi) is 7.13. The molecule has 3 N–H and O–H groups in total. The van der Waals surface area contributed by atoms with Crippen LogP contribution in [0.15, 0.2) is 30.5 Å². The van der Waals surface area contributed by atoms with Gasteiger partial charge >= 0.3 is 0 Å². The zero-order valence-electron chi connectivity index (χ0n) is 17.7. The van der Waals surface area contributed by atoms with Crippen LogP contribution in [-0.4, -0.2) is 28.9 Å². The van der Waals surface area contributed by atoms with E-state index in [4.69, 9.17) is 11.6 Å². The average Bonchev–Trinajstić information content (AvgIpc) is 3.19. The van der Waals surface area contributed by atoms with Crippen LogP contribution < -0.4 is 16.0 Å². The molecule has 0 radical (unpaired) electrons. The van der Waals surface area contributed by atoms with Crippen molar-refractivity contribution in [2.24, 2.45) is 5.92 Å². The number of nitrogens with one attached hydrogen (secondary N) is 3. The summed E-state index contributed by atoms with van der Waals surface area (Å²) < 4.78 is 0. The molecular formula is C23H29ClN4O2S. The highest BCUT2D eigenvalue weighted by molar-refractivity contribution is 7.13. The van der Waals surface area contributed by atoms with Crippen LogP contribution in [0.3, 0.4) is 0 Å². The Bertz CT molecular complexity index is 924. The molecule has 2 aliphatic carbocycles. The fraction of sp³-hybridized carbons (Fsp3) is 0.522. The minimum atomic E-state index is -0.483. The van der Waals surface area contributed by atoms with E-state index >= 15 is 0 Å². The highest BCUT2D eigenvalue weighted by Gasteiger charge is 2.31. The lowest BCUT2D eigenvalue weighted by Gasteiger charge is -2.21. The second-order valence-corrected chi connectivity index (χ2v) is 10.1. The van der Waals surface area contributed by atoms with Crippen LogP contribution in [0.5, 0.6) is 0 Å². The number of amides is 2. The molecule has 31 heavy (non-hydrogen) atoms. The lowest BCUT2D eigenvalue weighted by Crippen LogP contribution is -2.48. The summed E-state index contributed by atoms with van der Waals surface area (Å²) in [7, 11) is 0. The first-order chi connectivity index (χ1) is 15.0. The molecule has 1 aromatic carbocycles. The summed E-state index contributed by atoms with van der Waals surface area (Å²) in [5, 5.41) is 10.9. The molecule has 2 fully saturated rings. The zero-order valence-corrected chi connectivity index (χ0v) is 19.3. The van der Waals surface area contributed by atoms with Gasteiger partial charge in [0.25, 0.3) is 5.91 Å². The van der Waals surface area contributed by atoms with Crippen LogP contribution in [0.2, 0.25) is 5.02 Å². The molecule has 0 saturated heterocycles. The van der Waals surface area contributed by atoms with Crippen molar-refractivity contribution in [1.82, 2.24) is 15.6 Å². The zero-order chi connectivity index (χ0) is 21.8. The summed E-state index contributed by atoms with van der Waals surface area (Å²) in [6.07, 6.45) is 9.08. The second-order valence-electron chi connectivity index (χ2n) is 8.63. The number of hydrogen-bond donors (Lipinski definition) is 3. The van der Waals surface area contributed by atoms with Crippen molar-refractivity contribution in [3.8, 4) is 0 Å². The van der Waals surface area contributed by atoms with Gasteiger partial charge in [-0.1, -0.05) is 43.4 Å². The van der Waals surface area contributed by atoms with Crippen LogP contribution in [0.25, 0.3) is 0 Å². The van der Waals surface area contributed by atoms with Crippen LogP contribution in [-0.2, 0) is 4.79 Å². The molecule has 2 aromatic rings. The van der Waals surface area contributed by atoms with E-state index in [1.165, 1.54) is 24.2 Å². The number of aromatic nitrogens is 1. The monoisotopic (exact) mass is 460 g/mol. The Morgan fingerprint density at radius 1 is 1.23 bits per heavy atom. The predicted octanol–water partition coefficient (Wildman–Crippen LogP) is 4.93. The highest BCUT2D eigenvalue weighted by Crippen LogP contribution is 2.30. The van der Waals surface area contributed by atoms with E-state index < -0.39 is 6.04 Å². The van der Waals surface area contributed by atoms with Crippen molar-refractivity contribution >= 4 is 40.4 Å². The molecule has 0 aliphatic heterocycles. The molecule has 0 bridgehead atoms. The van der Waals surface area contributed by atoms with Gasteiger partial charge in [0.15, 0.2) is 0 Å². The number of carbonyl (C=O) groups excluding carboxylic acids is 2. The van der Waals surface area contributed by atoms with Gasteiger partial charge < -0.3 is 16.0 Å². The third-order valence-corrected chi connectivity index (χ3v) is 7.33. The van der Waals surface area contributed by atoms with E-state index in [0.29, 0.717) is 22.2 Å². The van der Waals surface area contributed by atoms with Crippen LogP contribution in [0.1, 0.15) is 72.6 Å². The first-order valence-electron chi connectivity index (χ1n) is 11.1. The molecule has 0 unspecified atom stereocenters. The van der Waals surface area contributed by atoms with E-state index in [-0.39, 0.29) is 23.9 Å². The third-order valence-electron chi connectivity index (χ3n) is 5.91. The van der Waals surface area contributed by atoms with Gasteiger partial charge in [-0.05, 0) is 50.3 Å². The molecule has 1 heterocycles. The Morgan fingerprint density at radius 3 is 2.71 bits per heavy atom. The Balaban J connectivity index is 1.38. The normalized spacial score (nSPS) is 18.4. The number of rotatable bonds is 9. The van der Waals surface area contributed by atoms with E-state index in [9.17, 15) is 9.59 Å². The summed E-state index contributed by atoms with van der Waals surface area (Å²) in [5.74, 6) is 0.227. The van der Waals surface area contributed by atoms with E-state index in [2.05, 4.69) is 20.9 Å². The van der Waals surface area contributed by atoms with Crippen molar-refractivity contribution in [2.75, 3.05) is 5.32 Å². The first-order valence-corrected chi connectivity index (χ1v) is 12.3. The molecule has 2 amide bonds. The largest absolute Gasteiger partial charge is 0.376 e. The van der Waals surface area contributed by atoms with Crippen molar-refractivity contribution < 1.29 is 9.59 Å². The van der Waals surface area contributed by atoms with Gasteiger partial charge in [0.2, 0.25) is 5.91 Å². The van der Waals surface area contributed by atoms with Crippen molar-refractivity contribution in [3.63, 3.8) is 0 Å². The van der Waals surface area contributed by atoms with Crippen LogP contribution >= 0.6 is 22.9 Å². The molecule has 166 valence electrons. The van der Waals surface area contributed by atoms with Gasteiger partial charge in [0.1, 0.15) is 15.9 Å². The summed E-state index contributed by atoms with van der Waals surface area (Å²) >= 11 is 7.40. The smallest absolute Gasteiger partial charge is 0.263 e. The molecule has 6 nitrogen and oxygen atoms in total. The number of benzene rings is 1. The minimum absolute atomic E-state index is 0.0523.